The van der Waals surface area contributed by atoms with E-state index in [-0.39, 0.29) is 18.6 Å². The van der Waals surface area contributed by atoms with Crippen LogP contribution in [-0.2, 0) is 6.42 Å². The smallest absolute Gasteiger partial charge is 0.231 e. The number of aryl methyl sites for hydroxylation is 2. The zero-order valence-electron chi connectivity index (χ0n) is 16.3. The summed E-state index contributed by atoms with van der Waals surface area (Å²) in [5.41, 5.74) is 5.32. The Bertz CT molecular complexity index is 906. The van der Waals surface area contributed by atoms with Crippen LogP contribution >= 0.6 is 0 Å². The molecule has 0 bridgehead atoms. The van der Waals surface area contributed by atoms with E-state index in [0.717, 1.165) is 35.4 Å². The number of hydrogen-bond donors (Lipinski definition) is 0. The summed E-state index contributed by atoms with van der Waals surface area (Å²) in [6.45, 7) is 5.19. The maximum absolute atomic E-state index is 13.0. The number of hydrogen-bond acceptors (Lipinski definition) is 5. The summed E-state index contributed by atoms with van der Waals surface area (Å²) in [5, 5.41) is 0. The van der Waals surface area contributed by atoms with Gasteiger partial charge in [-0.1, -0.05) is 12.1 Å². The van der Waals surface area contributed by atoms with Crippen molar-refractivity contribution in [3.05, 3.63) is 52.1 Å². The minimum absolute atomic E-state index is 0.0488. The highest BCUT2D eigenvalue weighted by molar-refractivity contribution is 5.97. The summed E-state index contributed by atoms with van der Waals surface area (Å²) >= 11 is 0. The highest BCUT2D eigenvalue weighted by Gasteiger charge is 2.35. The Morgan fingerprint density at radius 1 is 1.22 bits per heavy atom. The molecule has 0 aliphatic carbocycles. The first-order valence-corrected chi connectivity index (χ1v) is 9.29. The van der Waals surface area contributed by atoms with E-state index in [1.54, 1.807) is 7.11 Å². The number of rotatable bonds is 4. The van der Waals surface area contributed by atoms with Crippen LogP contribution in [0.4, 0.5) is 0 Å². The van der Waals surface area contributed by atoms with Crippen LogP contribution in [0.3, 0.4) is 0 Å². The van der Waals surface area contributed by atoms with Gasteiger partial charge in [0, 0.05) is 30.1 Å². The number of nitrogens with zero attached hydrogens (tertiary/aromatic N) is 1. The van der Waals surface area contributed by atoms with Crippen molar-refractivity contribution in [2.75, 3.05) is 27.5 Å². The summed E-state index contributed by atoms with van der Waals surface area (Å²) < 4.78 is 16.9. The second-order valence-corrected chi connectivity index (χ2v) is 7.39. The second-order valence-electron chi connectivity index (χ2n) is 7.39. The van der Waals surface area contributed by atoms with E-state index in [4.69, 9.17) is 14.2 Å². The summed E-state index contributed by atoms with van der Waals surface area (Å²) in [7, 11) is 3.71. The maximum Gasteiger partial charge on any atom is 0.231 e. The summed E-state index contributed by atoms with van der Waals surface area (Å²) in [5.74, 6) is 2.22. The van der Waals surface area contributed by atoms with E-state index < -0.39 is 0 Å². The van der Waals surface area contributed by atoms with Gasteiger partial charge < -0.3 is 14.2 Å². The molecule has 0 aromatic heterocycles. The molecule has 2 aliphatic heterocycles. The normalized spacial score (nSPS) is 18.3. The second kappa shape index (κ2) is 6.89. The Kier molecular flexibility index (Phi) is 4.56. The lowest BCUT2D eigenvalue weighted by Crippen LogP contribution is -2.34. The van der Waals surface area contributed by atoms with E-state index >= 15 is 0 Å². The lowest BCUT2D eigenvalue weighted by molar-refractivity contribution is 0.0925. The van der Waals surface area contributed by atoms with Gasteiger partial charge in [0.05, 0.1) is 7.11 Å². The Hall–Kier alpha value is -2.53. The molecular weight excluding hydrogens is 342 g/mol. The first-order chi connectivity index (χ1) is 13.0. The SMILES string of the molecule is COc1c2c(cc3c1[C@H](CC(=O)c1ccc(C)c(C)c1)N(C)CC3)OCO2. The fourth-order valence-electron chi connectivity index (χ4n) is 3.99. The van der Waals surface area contributed by atoms with E-state index in [9.17, 15) is 4.79 Å². The molecular formula is C22H25NO4. The molecule has 142 valence electrons. The van der Waals surface area contributed by atoms with Crippen LogP contribution in [-0.4, -0.2) is 38.2 Å². The number of likely N-dealkylation sites (N-methyl/N-ethyl adjacent to an activating group) is 1. The molecule has 0 N–H and O–H groups in total. The summed E-state index contributed by atoms with van der Waals surface area (Å²) in [6.07, 6.45) is 1.30. The average molecular weight is 367 g/mol. The quantitative estimate of drug-likeness (QED) is 0.769. The molecule has 0 unspecified atom stereocenters. The lowest BCUT2D eigenvalue weighted by Gasteiger charge is -2.35. The predicted molar refractivity (Wildman–Crippen MR) is 103 cm³/mol. The van der Waals surface area contributed by atoms with Gasteiger partial charge in [-0.05, 0) is 56.1 Å². The number of ether oxygens (including phenoxy) is 3. The topological polar surface area (TPSA) is 48.0 Å². The molecule has 4 rings (SSSR count). The first-order valence-electron chi connectivity index (χ1n) is 9.29. The maximum atomic E-state index is 13.0. The van der Waals surface area contributed by atoms with Crippen molar-refractivity contribution in [3.8, 4) is 17.2 Å². The highest BCUT2D eigenvalue weighted by Crippen LogP contribution is 2.50. The molecule has 2 heterocycles. The van der Waals surface area contributed by atoms with E-state index in [1.165, 1.54) is 11.1 Å². The minimum atomic E-state index is -0.0488. The Labute approximate surface area is 159 Å². The van der Waals surface area contributed by atoms with Crippen molar-refractivity contribution in [1.29, 1.82) is 0 Å². The number of benzene rings is 2. The van der Waals surface area contributed by atoms with Crippen molar-refractivity contribution in [1.82, 2.24) is 4.90 Å². The molecule has 2 aromatic rings. The van der Waals surface area contributed by atoms with Crippen molar-refractivity contribution < 1.29 is 19.0 Å². The van der Waals surface area contributed by atoms with Crippen molar-refractivity contribution in [3.63, 3.8) is 0 Å². The molecule has 27 heavy (non-hydrogen) atoms. The van der Waals surface area contributed by atoms with Crippen LogP contribution in [0.5, 0.6) is 17.2 Å². The average Bonchev–Trinajstić information content (AvgIpc) is 3.12. The number of methoxy groups -OCH3 is 1. The molecule has 0 saturated heterocycles. The van der Waals surface area contributed by atoms with Gasteiger partial charge in [0.1, 0.15) is 0 Å². The molecule has 0 spiro atoms. The molecule has 0 radical (unpaired) electrons. The Morgan fingerprint density at radius 3 is 2.78 bits per heavy atom. The largest absolute Gasteiger partial charge is 0.492 e. The number of carbonyl (C=O) groups is 1. The monoisotopic (exact) mass is 367 g/mol. The van der Waals surface area contributed by atoms with E-state index in [2.05, 4.69) is 18.9 Å². The molecule has 2 aromatic carbocycles. The predicted octanol–water partition coefficient (Wildman–Crippen LogP) is 3.84. The number of fused-ring (bicyclic) bond motifs is 2. The molecule has 0 amide bonds. The molecule has 0 saturated carbocycles. The van der Waals surface area contributed by atoms with Crippen molar-refractivity contribution in [2.45, 2.75) is 32.7 Å². The van der Waals surface area contributed by atoms with Crippen LogP contribution in [0.15, 0.2) is 24.3 Å². The molecule has 0 fully saturated rings. The zero-order chi connectivity index (χ0) is 19.1. The third-order valence-electron chi connectivity index (χ3n) is 5.75. The molecule has 2 aliphatic rings. The van der Waals surface area contributed by atoms with Gasteiger partial charge in [-0.3, -0.25) is 9.69 Å². The Balaban J connectivity index is 1.72. The van der Waals surface area contributed by atoms with Crippen LogP contribution in [0.25, 0.3) is 0 Å². The fraction of sp³-hybridized carbons (Fsp3) is 0.409. The van der Waals surface area contributed by atoms with Gasteiger partial charge in [0.15, 0.2) is 17.3 Å². The molecule has 1 atom stereocenters. The number of carbonyl (C=O) groups excluding carboxylic acids is 1. The molecule has 5 nitrogen and oxygen atoms in total. The van der Waals surface area contributed by atoms with E-state index in [1.807, 2.05) is 31.2 Å². The minimum Gasteiger partial charge on any atom is -0.492 e. The lowest BCUT2D eigenvalue weighted by atomic mass is 9.87. The third kappa shape index (κ3) is 3.06. The standard InChI is InChI=1S/C22H25NO4/c1-13-5-6-15(9-14(13)2)18(24)11-17-20-16(7-8-23(17)3)10-19-21(22(20)25-4)27-12-26-19/h5-6,9-10,17H,7-8,11-12H2,1-4H3/t17-/m0/s1. The van der Waals surface area contributed by atoms with Crippen molar-refractivity contribution in [2.24, 2.45) is 0 Å². The Morgan fingerprint density at radius 2 is 2.04 bits per heavy atom. The van der Waals surface area contributed by atoms with Gasteiger partial charge in [-0.2, -0.15) is 0 Å². The first kappa shape index (κ1) is 17.9. The summed E-state index contributed by atoms with van der Waals surface area (Å²) in [4.78, 5) is 15.3. The fourth-order valence-corrected chi connectivity index (χ4v) is 3.99. The van der Waals surface area contributed by atoms with E-state index in [0.29, 0.717) is 17.9 Å². The van der Waals surface area contributed by atoms with Gasteiger partial charge in [0.25, 0.3) is 0 Å². The van der Waals surface area contributed by atoms with Crippen LogP contribution in [0.1, 0.15) is 45.1 Å². The van der Waals surface area contributed by atoms with Gasteiger partial charge in [-0.25, -0.2) is 0 Å². The van der Waals surface area contributed by atoms with Crippen LogP contribution in [0, 0.1) is 13.8 Å². The van der Waals surface area contributed by atoms with Gasteiger partial charge >= 0.3 is 0 Å². The summed E-state index contributed by atoms with van der Waals surface area (Å²) in [6, 6.07) is 7.91. The highest BCUT2D eigenvalue weighted by atomic mass is 16.7. The number of ketones is 1. The van der Waals surface area contributed by atoms with Crippen LogP contribution in [0.2, 0.25) is 0 Å². The van der Waals surface area contributed by atoms with Crippen molar-refractivity contribution >= 4 is 5.78 Å². The van der Waals surface area contributed by atoms with Gasteiger partial charge in [0.2, 0.25) is 12.5 Å². The van der Waals surface area contributed by atoms with Crippen LogP contribution < -0.4 is 14.2 Å². The van der Waals surface area contributed by atoms with Gasteiger partial charge in [-0.15, -0.1) is 0 Å². The third-order valence-corrected chi connectivity index (χ3v) is 5.75. The zero-order valence-corrected chi connectivity index (χ0v) is 16.3. The molecule has 5 heteroatoms. The number of Topliss-reactive ketones (excluding diaryl/α,β-unsaturated/α-hetero) is 1.